The van der Waals surface area contributed by atoms with Crippen molar-refractivity contribution >= 4 is 17.7 Å². The maximum absolute atomic E-state index is 11.6. The Morgan fingerprint density at radius 2 is 1.88 bits per heavy atom. The maximum Gasteiger partial charge on any atom is 0.271 e. The summed E-state index contributed by atoms with van der Waals surface area (Å²) in [7, 11) is 0. The highest BCUT2D eigenvalue weighted by atomic mass is 16.2. The minimum atomic E-state index is -0.557. The summed E-state index contributed by atoms with van der Waals surface area (Å²) in [4.78, 5) is 37.4. The van der Waals surface area contributed by atoms with Crippen LogP contribution >= 0.6 is 0 Å². The minimum absolute atomic E-state index is 0.273. The largest absolute Gasteiger partial charge is 0.273 e. The predicted molar refractivity (Wildman–Crippen MR) is 54.9 cm³/mol. The van der Waals surface area contributed by atoms with Gasteiger partial charge in [0.1, 0.15) is 0 Å². The van der Waals surface area contributed by atoms with E-state index < -0.39 is 17.7 Å². The van der Waals surface area contributed by atoms with E-state index in [2.05, 4.69) is 10.4 Å². The lowest BCUT2D eigenvalue weighted by atomic mass is 10.3. The van der Waals surface area contributed by atoms with E-state index in [4.69, 9.17) is 0 Å². The van der Waals surface area contributed by atoms with Crippen LogP contribution in [0, 0.1) is 0 Å². The first kappa shape index (κ1) is 11.8. The molecule has 0 bridgehead atoms. The van der Waals surface area contributed by atoms with Gasteiger partial charge in [-0.2, -0.15) is 5.01 Å². The van der Waals surface area contributed by atoms with Crippen LogP contribution in [-0.2, 0) is 9.59 Å². The Bertz CT molecular complexity index is 403. The molecule has 0 saturated carbocycles. The standard InChI is InChI=1S/C10H11N3O3/c1-7(14)13(8(2)15)12-10(16)9-4-3-5-11-6-9/h3-6H,1-2H3,(H,12,16). The van der Waals surface area contributed by atoms with Crippen molar-refractivity contribution in [3.05, 3.63) is 30.1 Å². The molecule has 0 spiro atoms. The van der Waals surface area contributed by atoms with Crippen LogP contribution in [0.3, 0.4) is 0 Å². The third kappa shape index (κ3) is 2.88. The first-order chi connectivity index (χ1) is 7.52. The second-order valence-electron chi connectivity index (χ2n) is 3.06. The summed E-state index contributed by atoms with van der Waals surface area (Å²) < 4.78 is 0. The van der Waals surface area contributed by atoms with Crippen LogP contribution in [0.25, 0.3) is 0 Å². The molecule has 0 atom stereocenters. The molecule has 1 rings (SSSR count). The lowest BCUT2D eigenvalue weighted by molar-refractivity contribution is -0.144. The molecule has 0 fully saturated rings. The number of hydrogen-bond donors (Lipinski definition) is 1. The van der Waals surface area contributed by atoms with Gasteiger partial charge in [-0.05, 0) is 12.1 Å². The van der Waals surface area contributed by atoms with Crippen LogP contribution in [0.1, 0.15) is 24.2 Å². The van der Waals surface area contributed by atoms with Crippen LogP contribution < -0.4 is 5.43 Å². The number of nitrogens with one attached hydrogen (secondary N) is 1. The van der Waals surface area contributed by atoms with E-state index in [0.29, 0.717) is 5.01 Å². The number of hydrazine groups is 1. The third-order valence-electron chi connectivity index (χ3n) is 1.77. The Balaban J connectivity index is 2.77. The SMILES string of the molecule is CC(=O)N(NC(=O)c1cccnc1)C(C)=O. The van der Waals surface area contributed by atoms with Gasteiger partial charge in [-0.3, -0.25) is 24.8 Å². The van der Waals surface area contributed by atoms with Gasteiger partial charge >= 0.3 is 0 Å². The third-order valence-corrected chi connectivity index (χ3v) is 1.77. The van der Waals surface area contributed by atoms with Crippen LogP contribution in [0.4, 0.5) is 0 Å². The smallest absolute Gasteiger partial charge is 0.271 e. The van der Waals surface area contributed by atoms with Crippen LogP contribution in [0.5, 0.6) is 0 Å². The average molecular weight is 221 g/mol. The number of hydrogen-bond acceptors (Lipinski definition) is 4. The Morgan fingerprint density at radius 1 is 1.25 bits per heavy atom. The van der Waals surface area contributed by atoms with Gasteiger partial charge < -0.3 is 0 Å². The van der Waals surface area contributed by atoms with Gasteiger partial charge in [-0.1, -0.05) is 0 Å². The Morgan fingerprint density at radius 3 is 2.31 bits per heavy atom. The lowest BCUT2D eigenvalue weighted by Crippen LogP contribution is -2.47. The molecule has 1 N–H and O–H groups in total. The molecule has 84 valence electrons. The monoisotopic (exact) mass is 221 g/mol. The molecule has 0 aliphatic heterocycles. The zero-order valence-corrected chi connectivity index (χ0v) is 8.93. The normalized spacial score (nSPS) is 9.38. The molecule has 0 radical (unpaired) electrons. The highest BCUT2D eigenvalue weighted by molar-refractivity contribution is 5.99. The maximum atomic E-state index is 11.6. The first-order valence-electron chi connectivity index (χ1n) is 4.54. The summed E-state index contributed by atoms with van der Waals surface area (Å²) in [6.07, 6.45) is 2.86. The molecular formula is C10H11N3O3. The number of amides is 3. The molecule has 6 nitrogen and oxygen atoms in total. The van der Waals surface area contributed by atoms with E-state index >= 15 is 0 Å². The van der Waals surface area contributed by atoms with Gasteiger partial charge in [0.25, 0.3) is 5.91 Å². The number of carbonyl (C=O) groups is 3. The van der Waals surface area contributed by atoms with Gasteiger partial charge in [-0.15, -0.1) is 0 Å². The Kier molecular flexibility index (Phi) is 3.71. The summed E-state index contributed by atoms with van der Waals surface area (Å²) >= 11 is 0. The Labute approximate surface area is 92.2 Å². The van der Waals surface area contributed by atoms with Gasteiger partial charge in [0.2, 0.25) is 11.8 Å². The summed E-state index contributed by atoms with van der Waals surface area (Å²) in [5, 5.41) is 0.648. The number of imide groups is 1. The number of nitrogens with zero attached hydrogens (tertiary/aromatic N) is 2. The van der Waals surface area contributed by atoms with Crippen molar-refractivity contribution in [2.45, 2.75) is 13.8 Å². The summed E-state index contributed by atoms with van der Waals surface area (Å²) in [5.41, 5.74) is 2.46. The molecule has 6 heteroatoms. The molecule has 1 aromatic heterocycles. The van der Waals surface area contributed by atoms with Crippen LogP contribution in [-0.4, -0.2) is 27.7 Å². The first-order valence-corrected chi connectivity index (χ1v) is 4.54. The highest BCUT2D eigenvalue weighted by Crippen LogP contribution is 1.96. The van der Waals surface area contributed by atoms with Crippen molar-refractivity contribution in [1.82, 2.24) is 15.4 Å². The molecule has 0 aromatic carbocycles. The second kappa shape index (κ2) is 5.01. The fourth-order valence-electron chi connectivity index (χ4n) is 1.04. The van der Waals surface area contributed by atoms with Crippen LogP contribution in [0.2, 0.25) is 0 Å². The molecule has 0 aliphatic rings. The molecule has 1 heterocycles. The Hall–Kier alpha value is -2.24. The highest BCUT2D eigenvalue weighted by Gasteiger charge is 2.17. The summed E-state index contributed by atoms with van der Waals surface area (Å²) in [6, 6.07) is 3.11. The van der Waals surface area contributed by atoms with Crippen molar-refractivity contribution in [1.29, 1.82) is 0 Å². The molecule has 16 heavy (non-hydrogen) atoms. The van der Waals surface area contributed by atoms with Crippen molar-refractivity contribution in [3.63, 3.8) is 0 Å². The number of aromatic nitrogens is 1. The fraction of sp³-hybridized carbons (Fsp3) is 0.200. The van der Waals surface area contributed by atoms with E-state index in [9.17, 15) is 14.4 Å². The molecule has 0 saturated heterocycles. The molecule has 0 aliphatic carbocycles. The van der Waals surface area contributed by atoms with Crippen molar-refractivity contribution in [2.24, 2.45) is 0 Å². The number of carbonyl (C=O) groups excluding carboxylic acids is 3. The predicted octanol–water partition coefficient (Wildman–Crippen LogP) is 0.121. The van der Waals surface area contributed by atoms with Gasteiger partial charge in [0, 0.05) is 26.2 Å². The lowest BCUT2D eigenvalue weighted by Gasteiger charge is -2.17. The topological polar surface area (TPSA) is 79.4 Å². The van der Waals surface area contributed by atoms with E-state index in [1.165, 1.54) is 32.3 Å². The van der Waals surface area contributed by atoms with E-state index in [0.717, 1.165) is 0 Å². The minimum Gasteiger partial charge on any atom is -0.273 e. The zero-order valence-electron chi connectivity index (χ0n) is 8.93. The summed E-state index contributed by atoms with van der Waals surface area (Å²) in [6.45, 7) is 2.37. The second-order valence-corrected chi connectivity index (χ2v) is 3.06. The number of pyridine rings is 1. The van der Waals surface area contributed by atoms with E-state index in [1.807, 2.05) is 0 Å². The van der Waals surface area contributed by atoms with Crippen molar-refractivity contribution in [2.75, 3.05) is 0 Å². The van der Waals surface area contributed by atoms with E-state index in [-0.39, 0.29) is 5.56 Å². The van der Waals surface area contributed by atoms with Gasteiger partial charge in [0.05, 0.1) is 5.56 Å². The fourth-order valence-corrected chi connectivity index (χ4v) is 1.04. The zero-order chi connectivity index (χ0) is 12.1. The van der Waals surface area contributed by atoms with Gasteiger partial charge in [0.15, 0.2) is 0 Å². The quantitative estimate of drug-likeness (QED) is 0.683. The summed E-state index contributed by atoms with van der Waals surface area (Å²) in [5.74, 6) is -1.66. The average Bonchev–Trinajstić information content (AvgIpc) is 2.25. The van der Waals surface area contributed by atoms with Crippen LogP contribution in [0.15, 0.2) is 24.5 Å². The van der Waals surface area contributed by atoms with Gasteiger partial charge in [-0.25, -0.2) is 0 Å². The molecule has 3 amide bonds. The van der Waals surface area contributed by atoms with E-state index in [1.54, 1.807) is 6.07 Å². The van der Waals surface area contributed by atoms with Crippen molar-refractivity contribution in [3.8, 4) is 0 Å². The molecule has 0 unspecified atom stereocenters. The molecular weight excluding hydrogens is 210 g/mol. The molecule has 1 aromatic rings. The number of rotatable bonds is 1. The van der Waals surface area contributed by atoms with Crippen molar-refractivity contribution < 1.29 is 14.4 Å².